The Morgan fingerprint density at radius 1 is 0.364 bits per heavy atom. The second-order valence-corrected chi connectivity index (χ2v) is 20.6. The second-order valence-electron chi connectivity index (χ2n) is 17.6. The summed E-state index contributed by atoms with van der Waals surface area (Å²) in [6.45, 7) is 13.1. The average molecular weight is 919 g/mol. The van der Waals surface area contributed by atoms with E-state index >= 15 is 0 Å². The van der Waals surface area contributed by atoms with E-state index in [4.69, 9.17) is 15.0 Å². The number of hydrogen-bond donors (Lipinski definition) is 0. The van der Waals surface area contributed by atoms with E-state index in [0.717, 1.165) is 56.0 Å². The highest BCUT2D eigenvalue weighted by atomic mass is 32.1. The molecule has 0 aliphatic carbocycles. The Hall–Kier alpha value is -6.39. The zero-order valence-corrected chi connectivity index (χ0v) is 41.0. The van der Waals surface area contributed by atoms with E-state index in [2.05, 4.69) is 181 Å². The maximum Gasteiger partial charge on any atom is 0.145 e. The molecule has 6 heterocycles. The van der Waals surface area contributed by atoms with Gasteiger partial charge in [-0.25, -0.2) is 15.0 Å². The molecule has 0 saturated carbocycles. The molecule has 0 fully saturated rings. The predicted molar refractivity (Wildman–Crippen MR) is 278 cm³/mol. The van der Waals surface area contributed by atoms with E-state index in [9.17, 15) is 0 Å². The van der Waals surface area contributed by atoms with Gasteiger partial charge in [0, 0.05) is 84.6 Å². The van der Waals surface area contributed by atoms with Crippen LogP contribution < -0.4 is 0 Å². The van der Waals surface area contributed by atoms with Crippen LogP contribution in [0.3, 0.4) is 0 Å². The number of benzene rings is 4. The summed E-state index contributed by atoms with van der Waals surface area (Å²) in [7, 11) is 0. The maximum atomic E-state index is 4.83. The molecule has 10 rings (SSSR count). The van der Waals surface area contributed by atoms with Gasteiger partial charge >= 0.3 is 0 Å². The Balaban J connectivity index is 0.884. The lowest BCUT2D eigenvalue weighted by Gasteiger charge is -2.13. The van der Waals surface area contributed by atoms with Gasteiger partial charge in [-0.1, -0.05) is 72.8 Å². The molecule has 0 radical (unpaired) electrons. The van der Waals surface area contributed by atoms with Gasteiger partial charge in [-0.05, 0) is 148 Å². The number of nitrogens with zero attached hydrogens (tertiary/aromatic N) is 6. The van der Waals surface area contributed by atoms with Crippen molar-refractivity contribution >= 4 is 34.0 Å². The molecular formula is C57H54N6S3. The largest absolute Gasteiger partial charge is 0.299 e. The molecule has 0 bridgehead atoms. The minimum absolute atomic E-state index is 0.986. The maximum absolute atomic E-state index is 4.83. The first-order valence-corrected chi connectivity index (χ1v) is 25.5. The molecule has 4 aromatic carbocycles. The Bertz CT molecular complexity index is 2890. The van der Waals surface area contributed by atoms with Crippen LogP contribution in [-0.2, 0) is 38.5 Å². The van der Waals surface area contributed by atoms with Gasteiger partial charge in [-0.15, -0.1) is 34.0 Å². The molecule has 0 atom stereocenters. The number of rotatable bonds is 15. The third kappa shape index (κ3) is 8.95. The monoisotopic (exact) mass is 918 g/mol. The van der Waals surface area contributed by atoms with E-state index in [1.54, 1.807) is 0 Å². The molecule has 0 saturated heterocycles. The molecule has 0 N–H and O–H groups in total. The number of aromatic nitrogens is 6. The number of hydrogen-bond acceptors (Lipinski definition) is 6. The molecule has 0 amide bonds. The zero-order chi connectivity index (χ0) is 45.3. The van der Waals surface area contributed by atoms with Crippen LogP contribution in [0.5, 0.6) is 0 Å². The van der Waals surface area contributed by atoms with Crippen LogP contribution in [0.1, 0.15) is 64.7 Å². The Labute approximate surface area is 400 Å². The number of imidazole rings is 3. The average Bonchev–Trinajstić information content (AvgIpc) is 4.16. The van der Waals surface area contributed by atoms with Crippen molar-refractivity contribution in [2.45, 2.75) is 80.1 Å². The summed E-state index contributed by atoms with van der Waals surface area (Å²) in [5, 5.41) is 6.83. The van der Waals surface area contributed by atoms with Crippen molar-refractivity contribution in [3.63, 3.8) is 0 Å². The van der Waals surface area contributed by atoms with Gasteiger partial charge in [0.2, 0.25) is 0 Å². The normalized spacial score (nSPS) is 11.5. The molecule has 0 aliphatic heterocycles. The van der Waals surface area contributed by atoms with Crippen molar-refractivity contribution in [3.05, 3.63) is 209 Å². The van der Waals surface area contributed by atoms with Crippen molar-refractivity contribution < 1.29 is 0 Å². The summed E-state index contributed by atoms with van der Waals surface area (Å²) in [4.78, 5) is 18.6. The molecule has 330 valence electrons. The van der Waals surface area contributed by atoms with Gasteiger partial charge in [-0.2, -0.15) is 0 Å². The summed E-state index contributed by atoms with van der Waals surface area (Å²) < 4.78 is 6.74. The zero-order valence-electron chi connectivity index (χ0n) is 38.5. The van der Waals surface area contributed by atoms with Crippen LogP contribution in [0.25, 0.3) is 51.2 Å². The predicted octanol–water partition coefficient (Wildman–Crippen LogP) is 14.6. The third-order valence-electron chi connectivity index (χ3n) is 12.8. The molecule has 10 aromatic rings. The van der Waals surface area contributed by atoms with E-state index in [1.165, 1.54) is 98.5 Å². The third-order valence-corrected chi connectivity index (χ3v) is 15.8. The van der Waals surface area contributed by atoms with Crippen molar-refractivity contribution in [1.29, 1.82) is 0 Å². The van der Waals surface area contributed by atoms with Crippen LogP contribution in [0.15, 0.2) is 144 Å². The lowest BCUT2D eigenvalue weighted by Crippen LogP contribution is -2.01. The van der Waals surface area contributed by atoms with Crippen LogP contribution in [0.2, 0.25) is 0 Å². The number of aryl methyl sites for hydroxylation is 12. The van der Waals surface area contributed by atoms with Crippen molar-refractivity contribution in [2.24, 2.45) is 0 Å². The first-order chi connectivity index (χ1) is 32.2. The Morgan fingerprint density at radius 2 is 0.636 bits per heavy atom. The standard InChI is InChI=1S/C57H54N6S3/c1-37-10-7-11-38(2)52(37)61-25-22-58-55(61)46-31-49(64-34-46)19-16-43-28-44(17-20-50-32-47(35-65-50)56-59-23-26-62(56)53-39(3)12-8-13-40(53)4)30-45(29-43)18-21-51-33-48(36-66-51)57-60-24-27-63(57)54-41(5)14-9-15-42(54)6/h7-15,22-36H,16-21H2,1-6H3. The van der Waals surface area contributed by atoms with Crippen molar-refractivity contribution in [2.75, 3.05) is 0 Å². The number of thiophene rings is 3. The van der Waals surface area contributed by atoms with E-state index in [0.29, 0.717) is 0 Å². The smallest absolute Gasteiger partial charge is 0.145 e. The van der Waals surface area contributed by atoms with Gasteiger partial charge in [0.05, 0.1) is 17.1 Å². The molecule has 0 unspecified atom stereocenters. The summed E-state index contributed by atoms with van der Waals surface area (Å²) in [6.07, 6.45) is 17.9. The Kier molecular flexibility index (Phi) is 12.4. The first-order valence-electron chi connectivity index (χ1n) is 22.8. The van der Waals surface area contributed by atoms with E-state index in [-0.39, 0.29) is 0 Å². The number of para-hydroxylation sites is 3. The first kappa shape index (κ1) is 43.5. The van der Waals surface area contributed by atoms with E-state index in [1.807, 2.05) is 52.6 Å². The molecule has 0 aliphatic rings. The quantitative estimate of drug-likeness (QED) is 0.103. The molecule has 6 aromatic heterocycles. The minimum Gasteiger partial charge on any atom is -0.299 e. The summed E-state index contributed by atoms with van der Waals surface area (Å²) in [5.41, 5.74) is 18.9. The van der Waals surface area contributed by atoms with Crippen LogP contribution in [0, 0.1) is 41.5 Å². The summed E-state index contributed by atoms with van der Waals surface area (Å²) >= 11 is 5.53. The highest BCUT2D eigenvalue weighted by Crippen LogP contribution is 2.34. The van der Waals surface area contributed by atoms with Crippen LogP contribution in [-0.4, -0.2) is 28.7 Å². The van der Waals surface area contributed by atoms with Crippen LogP contribution in [0.4, 0.5) is 0 Å². The SMILES string of the molecule is Cc1cccc(C)c1-n1ccnc1-c1csc(CCc2cc(CCc3cc(-c4nccn4-c4c(C)cccc4C)cs3)cc(CCc3cc(-c4nccn4-c4c(C)cccc4C)cs3)c2)c1. The Morgan fingerprint density at radius 3 is 0.909 bits per heavy atom. The van der Waals surface area contributed by atoms with Crippen molar-refractivity contribution in [1.82, 2.24) is 28.7 Å². The lowest BCUT2D eigenvalue weighted by molar-refractivity contribution is 0.918. The van der Waals surface area contributed by atoms with Gasteiger partial charge in [-0.3, -0.25) is 13.7 Å². The van der Waals surface area contributed by atoms with Crippen molar-refractivity contribution in [3.8, 4) is 51.2 Å². The topological polar surface area (TPSA) is 53.5 Å². The highest BCUT2D eigenvalue weighted by molar-refractivity contribution is 7.11. The summed E-state index contributed by atoms with van der Waals surface area (Å²) in [5.74, 6) is 2.99. The van der Waals surface area contributed by atoms with Gasteiger partial charge in [0.15, 0.2) is 0 Å². The highest BCUT2D eigenvalue weighted by Gasteiger charge is 2.17. The fourth-order valence-corrected chi connectivity index (χ4v) is 12.2. The van der Waals surface area contributed by atoms with Gasteiger partial charge < -0.3 is 0 Å². The molecule has 66 heavy (non-hydrogen) atoms. The second kappa shape index (κ2) is 18.8. The molecule has 0 spiro atoms. The molecule has 6 nitrogen and oxygen atoms in total. The molecular weight excluding hydrogens is 865 g/mol. The fourth-order valence-electron chi connectivity index (χ4n) is 9.61. The van der Waals surface area contributed by atoms with Gasteiger partial charge in [0.25, 0.3) is 0 Å². The lowest BCUT2D eigenvalue weighted by atomic mass is 9.96. The minimum atomic E-state index is 0.986. The fraction of sp³-hybridized carbons (Fsp3) is 0.211. The molecule has 9 heteroatoms. The summed E-state index contributed by atoms with van der Waals surface area (Å²) in [6, 6.07) is 33.9. The van der Waals surface area contributed by atoms with Crippen LogP contribution >= 0.6 is 34.0 Å². The van der Waals surface area contributed by atoms with Gasteiger partial charge in [0.1, 0.15) is 17.5 Å². The van der Waals surface area contributed by atoms with E-state index < -0.39 is 0 Å².